The average Bonchev–Trinajstić information content (AvgIpc) is 3.18. The van der Waals surface area contributed by atoms with Gasteiger partial charge >= 0.3 is 0 Å². The molecule has 0 radical (unpaired) electrons. The predicted molar refractivity (Wildman–Crippen MR) is 124 cm³/mol. The second-order valence-corrected chi connectivity index (χ2v) is 10.8. The van der Waals surface area contributed by atoms with Crippen LogP contribution in [0.15, 0.2) is 47.5 Å². The van der Waals surface area contributed by atoms with Gasteiger partial charge in [-0.25, -0.2) is 13.4 Å². The third kappa shape index (κ3) is 4.63. The van der Waals surface area contributed by atoms with Crippen LogP contribution in [0.3, 0.4) is 0 Å². The summed E-state index contributed by atoms with van der Waals surface area (Å²) in [5, 5.41) is 6.16. The van der Waals surface area contributed by atoms with E-state index in [2.05, 4.69) is 28.8 Å². The van der Waals surface area contributed by atoms with Gasteiger partial charge in [-0.15, -0.1) is 0 Å². The highest BCUT2D eigenvalue weighted by Crippen LogP contribution is 2.34. The molecular weight excluding hydrogens is 428 g/mol. The van der Waals surface area contributed by atoms with Crippen molar-refractivity contribution in [2.75, 3.05) is 41.8 Å². The van der Waals surface area contributed by atoms with Gasteiger partial charge in [0.05, 0.1) is 24.1 Å². The molecule has 1 saturated heterocycles. The number of rotatable bonds is 4. The maximum atomic E-state index is 12.4. The van der Waals surface area contributed by atoms with E-state index in [1.165, 1.54) is 11.1 Å². The lowest BCUT2D eigenvalue weighted by Gasteiger charge is -2.26. The van der Waals surface area contributed by atoms with Gasteiger partial charge in [-0.3, -0.25) is 9.69 Å². The van der Waals surface area contributed by atoms with Gasteiger partial charge in [-0.05, 0) is 42.2 Å². The van der Waals surface area contributed by atoms with Gasteiger partial charge < -0.3 is 15.4 Å². The molecular formula is C23H26N4O4S. The molecule has 2 aromatic rings. The van der Waals surface area contributed by atoms with Gasteiger partial charge in [-0.1, -0.05) is 24.3 Å². The number of nitrogens with one attached hydrogen (secondary N) is 2. The molecule has 0 aromatic heterocycles. The minimum absolute atomic E-state index is 0.110. The van der Waals surface area contributed by atoms with Gasteiger partial charge in [0.15, 0.2) is 9.84 Å². The summed E-state index contributed by atoms with van der Waals surface area (Å²) >= 11 is 0. The van der Waals surface area contributed by atoms with Crippen LogP contribution in [0, 0.1) is 0 Å². The Bertz CT molecular complexity index is 1160. The Morgan fingerprint density at radius 3 is 2.81 bits per heavy atom. The van der Waals surface area contributed by atoms with Crippen LogP contribution in [0.5, 0.6) is 0 Å². The molecule has 3 aliphatic rings. The number of amidine groups is 1. The smallest absolute Gasteiger partial charge is 0.290 e. The Morgan fingerprint density at radius 2 is 1.97 bits per heavy atom. The third-order valence-electron chi connectivity index (χ3n) is 6.17. The Hall–Kier alpha value is -2.91. The SMILES string of the molecule is O=C(CN1CCS(=O)(=O)CC1)Nc1ccc2c(c1)COC(=NC1CCc3ccccc31)N2. The number of aryl methyl sites for hydroxylation is 1. The van der Waals surface area contributed by atoms with Crippen molar-refractivity contribution >= 4 is 33.1 Å². The molecule has 0 saturated carbocycles. The zero-order chi connectivity index (χ0) is 22.1. The first kappa shape index (κ1) is 21.0. The van der Waals surface area contributed by atoms with Crippen LogP contribution in [-0.4, -0.2) is 56.4 Å². The zero-order valence-corrected chi connectivity index (χ0v) is 18.5. The van der Waals surface area contributed by atoms with E-state index in [4.69, 9.17) is 9.73 Å². The van der Waals surface area contributed by atoms with Gasteiger partial charge in [0.2, 0.25) is 5.91 Å². The summed E-state index contributed by atoms with van der Waals surface area (Å²) in [6.45, 7) is 1.35. The van der Waals surface area contributed by atoms with E-state index in [0.717, 1.165) is 24.1 Å². The monoisotopic (exact) mass is 454 g/mol. The average molecular weight is 455 g/mol. The molecule has 1 aliphatic carbocycles. The van der Waals surface area contributed by atoms with E-state index in [1.54, 1.807) is 0 Å². The van der Waals surface area contributed by atoms with Crippen molar-refractivity contribution in [2.45, 2.75) is 25.5 Å². The van der Waals surface area contributed by atoms with E-state index in [1.807, 2.05) is 29.2 Å². The van der Waals surface area contributed by atoms with Crippen LogP contribution in [-0.2, 0) is 32.4 Å². The van der Waals surface area contributed by atoms with Crippen molar-refractivity contribution in [1.82, 2.24) is 4.90 Å². The number of anilines is 2. The molecule has 8 nitrogen and oxygen atoms in total. The third-order valence-corrected chi connectivity index (χ3v) is 7.78. The van der Waals surface area contributed by atoms with E-state index in [9.17, 15) is 13.2 Å². The van der Waals surface area contributed by atoms with Crippen LogP contribution in [0.4, 0.5) is 11.4 Å². The predicted octanol–water partition coefficient (Wildman–Crippen LogP) is 2.34. The molecule has 2 heterocycles. The molecule has 0 spiro atoms. The van der Waals surface area contributed by atoms with Crippen LogP contribution >= 0.6 is 0 Å². The van der Waals surface area contributed by atoms with Crippen LogP contribution in [0.1, 0.15) is 29.2 Å². The minimum Gasteiger partial charge on any atom is -0.460 e. The molecule has 168 valence electrons. The number of sulfone groups is 1. The number of fused-ring (bicyclic) bond motifs is 2. The number of amides is 1. The number of carbonyl (C=O) groups excluding carboxylic acids is 1. The van der Waals surface area contributed by atoms with Crippen molar-refractivity contribution < 1.29 is 17.9 Å². The largest absolute Gasteiger partial charge is 0.460 e. The summed E-state index contributed by atoms with van der Waals surface area (Å²) in [4.78, 5) is 19.0. The van der Waals surface area contributed by atoms with Gasteiger partial charge in [-0.2, -0.15) is 0 Å². The molecule has 1 fully saturated rings. The second-order valence-electron chi connectivity index (χ2n) is 8.45. The summed E-state index contributed by atoms with van der Waals surface area (Å²) in [5.41, 5.74) is 5.16. The minimum atomic E-state index is -2.95. The summed E-state index contributed by atoms with van der Waals surface area (Å²) in [6, 6.07) is 14.7. The van der Waals surface area contributed by atoms with Crippen LogP contribution in [0.25, 0.3) is 0 Å². The fourth-order valence-corrected chi connectivity index (χ4v) is 5.68. The normalized spacial score (nSPS) is 23.0. The number of benzene rings is 2. The topological polar surface area (TPSA) is 100 Å². The van der Waals surface area contributed by atoms with Crippen molar-refractivity contribution in [2.24, 2.45) is 4.99 Å². The first-order chi connectivity index (χ1) is 15.4. The van der Waals surface area contributed by atoms with E-state index in [0.29, 0.717) is 31.4 Å². The highest BCUT2D eigenvalue weighted by atomic mass is 32.2. The number of hydrogen-bond acceptors (Lipinski definition) is 6. The van der Waals surface area contributed by atoms with E-state index >= 15 is 0 Å². The fraction of sp³-hybridized carbons (Fsp3) is 0.391. The van der Waals surface area contributed by atoms with E-state index in [-0.39, 0.29) is 30.0 Å². The number of hydrogen-bond donors (Lipinski definition) is 2. The molecule has 2 aromatic carbocycles. The second kappa shape index (κ2) is 8.55. The van der Waals surface area contributed by atoms with Crippen molar-refractivity contribution in [3.8, 4) is 0 Å². The summed E-state index contributed by atoms with van der Waals surface area (Å²) in [7, 11) is -2.95. The highest BCUT2D eigenvalue weighted by molar-refractivity contribution is 7.91. The molecule has 1 atom stereocenters. The van der Waals surface area contributed by atoms with Gasteiger partial charge in [0, 0.05) is 30.0 Å². The van der Waals surface area contributed by atoms with Crippen molar-refractivity contribution in [3.05, 3.63) is 59.2 Å². The Morgan fingerprint density at radius 1 is 1.16 bits per heavy atom. The van der Waals surface area contributed by atoms with Crippen LogP contribution in [0.2, 0.25) is 0 Å². The lowest BCUT2D eigenvalue weighted by Crippen LogP contribution is -2.43. The molecule has 0 bridgehead atoms. The van der Waals surface area contributed by atoms with E-state index < -0.39 is 9.84 Å². The maximum absolute atomic E-state index is 12.4. The van der Waals surface area contributed by atoms with Crippen LogP contribution < -0.4 is 10.6 Å². The summed E-state index contributed by atoms with van der Waals surface area (Å²) in [6.07, 6.45) is 2.01. The van der Waals surface area contributed by atoms with Crippen molar-refractivity contribution in [1.29, 1.82) is 0 Å². The summed E-state index contributed by atoms with van der Waals surface area (Å²) in [5.74, 6) is 0.0628. The lowest BCUT2D eigenvalue weighted by molar-refractivity contribution is -0.117. The van der Waals surface area contributed by atoms with Gasteiger partial charge in [0.25, 0.3) is 6.02 Å². The zero-order valence-electron chi connectivity index (χ0n) is 17.7. The number of aliphatic imine (C=N–C) groups is 1. The van der Waals surface area contributed by atoms with Gasteiger partial charge in [0.1, 0.15) is 6.61 Å². The lowest BCUT2D eigenvalue weighted by atomic mass is 10.1. The number of ether oxygens (including phenoxy) is 1. The number of nitrogens with zero attached hydrogens (tertiary/aromatic N) is 2. The molecule has 32 heavy (non-hydrogen) atoms. The first-order valence-corrected chi connectivity index (χ1v) is 12.7. The Kier molecular flexibility index (Phi) is 5.60. The molecule has 1 unspecified atom stereocenters. The molecule has 9 heteroatoms. The quantitative estimate of drug-likeness (QED) is 0.736. The maximum Gasteiger partial charge on any atom is 0.290 e. The Balaban J connectivity index is 1.20. The number of carbonyl (C=O) groups is 1. The standard InChI is InChI=1S/C23H26N4O4S/c28-22(14-27-9-11-32(29,30)12-10-27)24-18-6-8-20-17(13-18)15-31-23(25-20)26-21-7-5-16-3-1-2-4-19(16)21/h1-4,6,8,13,21H,5,7,9-12,14-15H2,(H,24,28)(H,25,26). The Labute approximate surface area is 187 Å². The first-order valence-electron chi connectivity index (χ1n) is 10.9. The molecule has 5 rings (SSSR count). The molecule has 2 aliphatic heterocycles. The fourth-order valence-electron chi connectivity index (χ4n) is 4.40. The summed E-state index contributed by atoms with van der Waals surface area (Å²) < 4.78 is 28.9. The highest BCUT2D eigenvalue weighted by Gasteiger charge is 2.25. The molecule has 2 N–H and O–H groups in total. The molecule has 1 amide bonds. The van der Waals surface area contributed by atoms with Crippen molar-refractivity contribution in [3.63, 3.8) is 0 Å².